The normalized spacial score (nSPS) is 43.5. The predicted octanol–water partition coefficient (Wildman–Crippen LogP) is 0.805. The first-order valence-corrected chi connectivity index (χ1v) is 3.66. The Balaban J connectivity index is 0.000000500. The molecule has 1 saturated carbocycles. The molecular formula is C7H14ClNO. The van der Waals surface area contributed by atoms with Gasteiger partial charge in [0.25, 0.3) is 0 Å². The first kappa shape index (κ1) is 8.31. The maximum atomic E-state index is 5.31. The summed E-state index contributed by atoms with van der Waals surface area (Å²) in [5.41, 5.74) is 0. The zero-order valence-corrected chi connectivity index (χ0v) is 6.99. The lowest BCUT2D eigenvalue weighted by molar-refractivity contribution is 0.0627. The lowest BCUT2D eigenvalue weighted by Crippen LogP contribution is -2.33. The van der Waals surface area contributed by atoms with E-state index in [-0.39, 0.29) is 12.4 Å². The Morgan fingerprint density at radius 1 is 1.40 bits per heavy atom. The number of halogens is 1. The van der Waals surface area contributed by atoms with Gasteiger partial charge in [-0.2, -0.15) is 0 Å². The fraction of sp³-hybridized carbons (Fsp3) is 1.00. The van der Waals surface area contributed by atoms with Crippen LogP contribution in [0.4, 0.5) is 0 Å². The molecule has 1 aliphatic heterocycles. The minimum absolute atomic E-state index is 0. The molecule has 2 nitrogen and oxygen atoms in total. The molecule has 3 unspecified atom stereocenters. The average molecular weight is 164 g/mol. The van der Waals surface area contributed by atoms with Crippen molar-refractivity contribution in [3.63, 3.8) is 0 Å². The Labute approximate surface area is 67.7 Å². The molecule has 0 aromatic rings. The summed E-state index contributed by atoms with van der Waals surface area (Å²) in [5, 5.41) is 3.44. The highest BCUT2D eigenvalue weighted by Crippen LogP contribution is 2.32. The van der Waals surface area contributed by atoms with Gasteiger partial charge in [-0.3, -0.25) is 0 Å². The van der Waals surface area contributed by atoms with Crippen LogP contribution in [0.15, 0.2) is 0 Å². The second-order valence-corrected chi connectivity index (χ2v) is 3.11. The fourth-order valence-electron chi connectivity index (χ4n) is 2.07. The highest BCUT2D eigenvalue weighted by Gasteiger charge is 2.39. The van der Waals surface area contributed by atoms with E-state index in [1.807, 2.05) is 7.11 Å². The topological polar surface area (TPSA) is 21.3 Å². The van der Waals surface area contributed by atoms with Crippen molar-refractivity contribution in [3.8, 4) is 0 Å². The number of hydrogen-bond donors (Lipinski definition) is 1. The second-order valence-electron chi connectivity index (χ2n) is 3.11. The third-order valence-electron chi connectivity index (χ3n) is 2.60. The van der Waals surface area contributed by atoms with Crippen LogP contribution in [0.3, 0.4) is 0 Å². The molecule has 3 atom stereocenters. The van der Waals surface area contributed by atoms with Gasteiger partial charge in [-0.1, -0.05) is 0 Å². The van der Waals surface area contributed by atoms with Crippen LogP contribution in [0.5, 0.6) is 0 Å². The van der Waals surface area contributed by atoms with Gasteiger partial charge in [-0.25, -0.2) is 0 Å². The van der Waals surface area contributed by atoms with Gasteiger partial charge in [0.2, 0.25) is 0 Å². The third kappa shape index (κ3) is 1.16. The molecule has 0 amide bonds. The molecule has 3 heteroatoms. The summed E-state index contributed by atoms with van der Waals surface area (Å²) in [7, 11) is 1.82. The Hall–Kier alpha value is 0.210. The van der Waals surface area contributed by atoms with Gasteiger partial charge in [0, 0.05) is 19.7 Å². The zero-order valence-electron chi connectivity index (χ0n) is 6.17. The van der Waals surface area contributed by atoms with Crippen LogP contribution in [0, 0.1) is 5.92 Å². The molecular weight excluding hydrogens is 150 g/mol. The van der Waals surface area contributed by atoms with E-state index in [2.05, 4.69) is 5.32 Å². The Bertz CT molecular complexity index is 120. The Morgan fingerprint density at radius 2 is 2.20 bits per heavy atom. The van der Waals surface area contributed by atoms with Gasteiger partial charge < -0.3 is 10.1 Å². The molecule has 2 bridgehead atoms. The van der Waals surface area contributed by atoms with Crippen molar-refractivity contribution < 1.29 is 4.74 Å². The van der Waals surface area contributed by atoms with Crippen molar-refractivity contribution in [1.82, 2.24) is 5.32 Å². The molecule has 1 heterocycles. The molecule has 2 aliphatic rings. The Kier molecular flexibility index (Phi) is 2.55. The van der Waals surface area contributed by atoms with E-state index in [9.17, 15) is 0 Å². The number of piperidine rings is 1. The average Bonchev–Trinajstić information content (AvgIpc) is 2.45. The molecule has 10 heavy (non-hydrogen) atoms. The van der Waals surface area contributed by atoms with Gasteiger partial charge >= 0.3 is 0 Å². The van der Waals surface area contributed by atoms with E-state index in [0.717, 1.165) is 12.0 Å². The summed E-state index contributed by atoms with van der Waals surface area (Å²) in [6, 6.07) is 0.778. The van der Waals surface area contributed by atoms with E-state index in [4.69, 9.17) is 4.74 Å². The molecule has 0 spiro atoms. The van der Waals surface area contributed by atoms with E-state index >= 15 is 0 Å². The second kappa shape index (κ2) is 3.07. The van der Waals surface area contributed by atoms with Gasteiger partial charge in [0.1, 0.15) is 0 Å². The lowest BCUT2D eigenvalue weighted by Gasteiger charge is -2.20. The van der Waals surface area contributed by atoms with Crippen LogP contribution in [-0.4, -0.2) is 25.8 Å². The van der Waals surface area contributed by atoms with E-state index in [1.54, 1.807) is 0 Å². The molecule has 2 rings (SSSR count). The smallest absolute Gasteiger partial charge is 0.0627 e. The summed E-state index contributed by atoms with van der Waals surface area (Å²) >= 11 is 0. The monoisotopic (exact) mass is 163 g/mol. The third-order valence-corrected chi connectivity index (χ3v) is 2.60. The minimum atomic E-state index is 0. The van der Waals surface area contributed by atoms with E-state index in [1.165, 1.54) is 19.4 Å². The molecule has 60 valence electrons. The highest BCUT2D eigenvalue weighted by atomic mass is 35.5. The van der Waals surface area contributed by atoms with Gasteiger partial charge in [-0.15, -0.1) is 12.4 Å². The molecule has 1 N–H and O–H groups in total. The largest absolute Gasteiger partial charge is 0.381 e. The lowest BCUT2D eigenvalue weighted by atomic mass is 10.1. The van der Waals surface area contributed by atoms with E-state index in [0.29, 0.717) is 6.10 Å². The van der Waals surface area contributed by atoms with Crippen molar-refractivity contribution in [1.29, 1.82) is 0 Å². The van der Waals surface area contributed by atoms with Crippen molar-refractivity contribution >= 4 is 12.4 Å². The van der Waals surface area contributed by atoms with E-state index < -0.39 is 0 Å². The number of rotatable bonds is 1. The standard InChI is InChI=1S/C7H13NO.ClH/c1-9-7-3-6-2-5(7)4-8-6;/h5-8H,2-4H2,1H3;1H. The van der Waals surface area contributed by atoms with Crippen molar-refractivity contribution in [2.75, 3.05) is 13.7 Å². The van der Waals surface area contributed by atoms with Crippen LogP contribution in [-0.2, 0) is 4.74 Å². The molecule has 1 saturated heterocycles. The number of fused-ring (bicyclic) bond motifs is 2. The van der Waals surface area contributed by atoms with Gasteiger partial charge in [0.05, 0.1) is 6.10 Å². The molecule has 0 radical (unpaired) electrons. The predicted molar refractivity (Wildman–Crippen MR) is 42.6 cm³/mol. The molecule has 0 aromatic heterocycles. The summed E-state index contributed by atoms with van der Waals surface area (Å²) in [5.74, 6) is 0.819. The van der Waals surface area contributed by atoms with Crippen LogP contribution >= 0.6 is 12.4 Å². The zero-order chi connectivity index (χ0) is 6.27. The van der Waals surface area contributed by atoms with Crippen LogP contribution in [0.25, 0.3) is 0 Å². The number of methoxy groups -OCH3 is 1. The number of nitrogens with one attached hydrogen (secondary N) is 1. The Morgan fingerprint density at radius 3 is 2.50 bits per heavy atom. The van der Waals surface area contributed by atoms with Gasteiger partial charge in [-0.05, 0) is 18.8 Å². The first-order valence-electron chi connectivity index (χ1n) is 3.66. The number of ether oxygens (including phenoxy) is 1. The quantitative estimate of drug-likeness (QED) is 0.618. The summed E-state index contributed by atoms with van der Waals surface area (Å²) in [6.45, 7) is 1.18. The highest BCUT2D eigenvalue weighted by molar-refractivity contribution is 5.85. The van der Waals surface area contributed by atoms with Crippen LogP contribution < -0.4 is 5.32 Å². The molecule has 2 fully saturated rings. The van der Waals surface area contributed by atoms with Crippen LogP contribution in [0.1, 0.15) is 12.8 Å². The van der Waals surface area contributed by atoms with Crippen molar-refractivity contribution in [2.45, 2.75) is 25.0 Å². The van der Waals surface area contributed by atoms with Crippen molar-refractivity contribution in [3.05, 3.63) is 0 Å². The maximum Gasteiger partial charge on any atom is 0.0627 e. The SMILES string of the molecule is COC1CC2CC1CN2.Cl. The summed E-state index contributed by atoms with van der Waals surface area (Å²) in [4.78, 5) is 0. The minimum Gasteiger partial charge on any atom is -0.381 e. The first-order chi connectivity index (χ1) is 4.40. The molecule has 0 aromatic carbocycles. The maximum absolute atomic E-state index is 5.31. The molecule has 1 aliphatic carbocycles. The van der Waals surface area contributed by atoms with Gasteiger partial charge in [0.15, 0.2) is 0 Å². The summed E-state index contributed by atoms with van der Waals surface area (Å²) < 4.78 is 5.31. The fourth-order valence-corrected chi connectivity index (χ4v) is 2.07. The summed E-state index contributed by atoms with van der Waals surface area (Å²) in [6.07, 6.45) is 3.15. The van der Waals surface area contributed by atoms with Crippen molar-refractivity contribution in [2.24, 2.45) is 5.92 Å². The number of hydrogen-bond acceptors (Lipinski definition) is 2. The van der Waals surface area contributed by atoms with Crippen LogP contribution in [0.2, 0.25) is 0 Å².